The number of hydrogen-bond donors (Lipinski definition) is 1. The molecule has 2 aromatic heterocycles. The fourth-order valence-corrected chi connectivity index (χ4v) is 3.06. The summed E-state index contributed by atoms with van der Waals surface area (Å²) in [6.45, 7) is 0.186. The highest BCUT2D eigenvalue weighted by Gasteiger charge is 2.07. The molecule has 7 heteroatoms. The van der Waals surface area contributed by atoms with E-state index in [1.165, 1.54) is 11.3 Å². The Morgan fingerprint density at radius 3 is 3.00 bits per heavy atom. The van der Waals surface area contributed by atoms with E-state index in [9.17, 15) is 4.79 Å². The predicted molar refractivity (Wildman–Crippen MR) is 85.3 cm³/mol. The second kappa shape index (κ2) is 5.87. The molecule has 0 aliphatic carbocycles. The number of nitrogens with one attached hydrogen (secondary N) is 1. The average Bonchev–Trinajstić information content (AvgIpc) is 2.95. The van der Waals surface area contributed by atoms with Crippen molar-refractivity contribution in [3.63, 3.8) is 0 Å². The zero-order valence-corrected chi connectivity index (χ0v) is 13.5. The first-order valence-electron chi connectivity index (χ1n) is 6.10. The minimum atomic E-state index is -0.137. The molecule has 0 unspecified atom stereocenters. The van der Waals surface area contributed by atoms with Gasteiger partial charge in [-0.15, -0.1) is 11.3 Å². The first-order chi connectivity index (χ1) is 10.2. The van der Waals surface area contributed by atoms with Crippen LogP contribution in [0.1, 0.15) is 5.82 Å². The van der Waals surface area contributed by atoms with Gasteiger partial charge in [-0.1, -0.05) is 0 Å². The van der Waals surface area contributed by atoms with Gasteiger partial charge < -0.3 is 14.5 Å². The fraction of sp³-hybridized carbons (Fsp3) is 0.143. The molecular formula is C14H11BrN2O3S. The van der Waals surface area contributed by atoms with E-state index in [2.05, 4.69) is 25.9 Å². The van der Waals surface area contributed by atoms with E-state index in [4.69, 9.17) is 9.47 Å². The molecule has 1 N–H and O–H groups in total. The van der Waals surface area contributed by atoms with Crippen LogP contribution in [0.5, 0.6) is 11.5 Å². The molecule has 0 saturated carbocycles. The molecule has 0 fully saturated rings. The Kier molecular flexibility index (Phi) is 3.94. The third-order valence-electron chi connectivity index (χ3n) is 2.87. The Balaban J connectivity index is 1.81. The van der Waals surface area contributed by atoms with E-state index in [1.807, 2.05) is 17.5 Å². The molecule has 21 heavy (non-hydrogen) atoms. The van der Waals surface area contributed by atoms with Crippen molar-refractivity contribution in [2.45, 2.75) is 6.61 Å². The largest absolute Gasteiger partial charge is 0.497 e. The molecule has 0 radical (unpaired) electrons. The highest BCUT2D eigenvalue weighted by molar-refractivity contribution is 9.10. The smallest absolute Gasteiger partial charge is 0.268 e. The van der Waals surface area contributed by atoms with Gasteiger partial charge in [-0.25, -0.2) is 4.98 Å². The van der Waals surface area contributed by atoms with E-state index < -0.39 is 0 Å². The number of thiophene rings is 1. The van der Waals surface area contributed by atoms with Crippen molar-refractivity contribution in [1.29, 1.82) is 0 Å². The quantitative estimate of drug-likeness (QED) is 0.768. The molecule has 3 aromatic rings. The molecule has 0 bridgehead atoms. The Labute approximate surface area is 132 Å². The molecule has 108 valence electrons. The number of benzene rings is 1. The van der Waals surface area contributed by atoms with Crippen LogP contribution in [-0.2, 0) is 6.61 Å². The average molecular weight is 367 g/mol. The Hall–Kier alpha value is -1.86. The number of ether oxygens (including phenoxy) is 2. The number of halogens is 1. The normalized spacial score (nSPS) is 10.8. The molecule has 0 aliphatic heterocycles. The standard InChI is InChI=1S/C14H11BrN2O3S/c1-19-8-2-3-11(9(15)6-8)20-7-12-16-10-4-5-21-13(10)14(18)17-12/h2-6H,7H2,1H3,(H,16,17,18). The van der Waals surface area contributed by atoms with Gasteiger partial charge in [0.25, 0.3) is 5.56 Å². The van der Waals surface area contributed by atoms with Gasteiger partial charge in [0.05, 0.1) is 17.1 Å². The summed E-state index contributed by atoms with van der Waals surface area (Å²) in [5.41, 5.74) is 0.554. The number of aromatic nitrogens is 2. The second-order valence-corrected chi connectivity index (χ2v) is 6.00. The zero-order chi connectivity index (χ0) is 14.8. The lowest BCUT2D eigenvalue weighted by Crippen LogP contribution is -2.12. The second-order valence-electron chi connectivity index (χ2n) is 4.23. The first kappa shape index (κ1) is 14.1. The lowest BCUT2D eigenvalue weighted by atomic mass is 10.3. The van der Waals surface area contributed by atoms with Gasteiger partial charge >= 0.3 is 0 Å². The van der Waals surface area contributed by atoms with Crippen molar-refractivity contribution >= 4 is 37.5 Å². The summed E-state index contributed by atoms with van der Waals surface area (Å²) < 4.78 is 12.2. The van der Waals surface area contributed by atoms with Crippen LogP contribution < -0.4 is 15.0 Å². The van der Waals surface area contributed by atoms with E-state index in [0.29, 0.717) is 21.8 Å². The summed E-state index contributed by atoms with van der Waals surface area (Å²) in [6.07, 6.45) is 0. The van der Waals surface area contributed by atoms with Gasteiger partial charge in [0.1, 0.15) is 28.6 Å². The number of hydrogen-bond acceptors (Lipinski definition) is 5. The minimum Gasteiger partial charge on any atom is -0.497 e. The minimum absolute atomic E-state index is 0.137. The van der Waals surface area contributed by atoms with E-state index >= 15 is 0 Å². The summed E-state index contributed by atoms with van der Waals surface area (Å²) >= 11 is 4.79. The van der Waals surface area contributed by atoms with Crippen molar-refractivity contribution in [3.05, 3.63) is 50.3 Å². The summed E-state index contributed by atoms with van der Waals surface area (Å²) in [6, 6.07) is 7.23. The number of rotatable bonds is 4. The van der Waals surface area contributed by atoms with Gasteiger partial charge in [0.2, 0.25) is 0 Å². The third kappa shape index (κ3) is 2.93. The van der Waals surface area contributed by atoms with Crippen LogP contribution >= 0.6 is 27.3 Å². The summed E-state index contributed by atoms with van der Waals surface area (Å²) in [7, 11) is 1.60. The van der Waals surface area contributed by atoms with Crippen LogP contribution in [0.2, 0.25) is 0 Å². The lowest BCUT2D eigenvalue weighted by molar-refractivity contribution is 0.293. The van der Waals surface area contributed by atoms with Crippen LogP contribution in [0, 0.1) is 0 Å². The maximum Gasteiger partial charge on any atom is 0.268 e. The Morgan fingerprint density at radius 1 is 1.38 bits per heavy atom. The highest BCUT2D eigenvalue weighted by atomic mass is 79.9. The molecule has 0 saturated heterocycles. The predicted octanol–water partition coefficient (Wildman–Crippen LogP) is 3.33. The van der Waals surface area contributed by atoms with Gasteiger partial charge in [-0.2, -0.15) is 0 Å². The fourth-order valence-electron chi connectivity index (χ4n) is 1.86. The molecule has 0 aliphatic rings. The Morgan fingerprint density at radius 2 is 2.24 bits per heavy atom. The van der Waals surface area contributed by atoms with Crippen molar-refractivity contribution < 1.29 is 9.47 Å². The topological polar surface area (TPSA) is 64.2 Å². The number of nitrogens with zero attached hydrogens (tertiary/aromatic N) is 1. The zero-order valence-electron chi connectivity index (χ0n) is 11.1. The number of methoxy groups -OCH3 is 1. The maximum atomic E-state index is 11.9. The van der Waals surface area contributed by atoms with Crippen molar-refractivity contribution in [1.82, 2.24) is 9.97 Å². The first-order valence-corrected chi connectivity index (χ1v) is 7.77. The number of aromatic amines is 1. The highest BCUT2D eigenvalue weighted by Crippen LogP contribution is 2.29. The van der Waals surface area contributed by atoms with Gasteiger partial charge in [-0.3, -0.25) is 4.79 Å². The Bertz CT molecular complexity index is 844. The van der Waals surface area contributed by atoms with Gasteiger partial charge in [0, 0.05) is 0 Å². The van der Waals surface area contributed by atoms with E-state index in [1.54, 1.807) is 19.2 Å². The van der Waals surface area contributed by atoms with Crippen LogP contribution in [0.25, 0.3) is 10.2 Å². The summed E-state index contributed by atoms with van der Waals surface area (Å²) in [5.74, 6) is 1.89. The SMILES string of the molecule is COc1ccc(OCc2nc3ccsc3c(=O)[nH]2)c(Br)c1. The number of fused-ring (bicyclic) bond motifs is 1. The van der Waals surface area contributed by atoms with Crippen LogP contribution in [0.15, 0.2) is 38.9 Å². The van der Waals surface area contributed by atoms with Crippen LogP contribution in [-0.4, -0.2) is 17.1 Å². The third-order valence-corrected chi connectivity index (χ3v) is 4.39. The molecular weight excluding hydrogens is 356 g/mol. The maximum absolute atomic E-state index is 11.9. The van der Waals surface area contributed by atoms with Gasteiger partial charge in [0.15, 0.2) is 0 Å². The van der Waals surface area contributed by atoms with Gasteiger partial charge in [-0.05, 0) is 45.6 Å². The summed E-state index contributed by atoms with van der Waals surface area (Å²) in [5, 5.41) is 1.84. The molecule has 2 heterocycles. The monoisotopic (exact) mass is 366 g/mol. The van der Waals surface area contributed by atoms with Crippen LogP contribution in [0.3, 0.4) is 0 Å². The molecule has 3 rings (SSSR count). The lowest BCUT2D eigenvalue weighted by Gasteiger charge is -2.09. The summed E-state index contributed by atoms with van der Waals surface area (Å²) in [4.78, 5) is 18.9. The molecule has 1 aromatic carbocycles. The molecule has 0 amide bonds. The van der Waals surface area contributed by atoms with Crippen molar-refractivity contribution in [2.24, 2.45) is 0 Å². The van der Waals surface area contributed by atoms with Crippen LogP contribution in [0.4, 0.5) is 0 Å². The molecule has 0 atom stereocenters. The van der Waals surface area contributed by atoms with Crippen molar-refractivity contribution in [2.75, 3.05) is 7.11 Å². The molecule has 5 nitrogen and oxygen atoms in total. The molecule has 0 spiro atoms. The van der Waals surface area contributed by atoms with Crippen molar-refractivity contribution in [3.8, 4) is 11.5 Å². The van der Waals surface area contributed by atoms with E-state index in [0.717, 1.165) is 10.2 Å². The number of H-pyrrole nitrogens is 1. The van der Waals surface area contributed by atoms with E-state index in [-0.39, 0.29) is 12.2 Å².